The number of H-pyrrole nitrogens is 1. The summed E-state index contributed by atoms with van der Waals surface area (Å²) in [6.45, 7) is 0. The Bertz CT molecular complexity index is 794. The van der Waals surface area contributed by atoms with Crippen molar-refractivity contribution >= 4 is 12.6 Å². The Labute approximate surface area is 158 Å². The lowest BCUT2D eigenvalue weighted by atomic mass is 10.0. The van der Waals surface area contributed by atoms with E-state index < -0.39 is 6.29 Å². The monoisotopic (exact) mass is 366 g/mol. The second-order valence-corrected chi connectivity index (χ2v) is 7.14. The molecule has 1 aliphatic rings. The van der Waals surface area contributed by atoms with E-state index in [9.17, 15) is 5.11 Å². The molecule has 26 heavy (non-hydrogen) atoms. The SMILES string of the molecule is OC1CCC[C@@H](C(S)c2nc(-c3ccccc3)c(-c3ccccc3)[nH]2)O1. The highest BCUT2D eigenvalue weighted by Crippen LogP contribution is 2.36. The number of imidazole rings is 1. The minimum absolute atomic E-state index is 0.152. The van der Waals surface area contributed by atoms with Gasteiger partial charge in [0.25, 0.3) is 0 Å². The topological polar surface area (TPSA) is 58.1 Å². The van der Waals surface area contributed by atoms with Crippen LogP contribution in [0.15, 0.2) is 60.7 Å². The Morgan fingerprint density at radius 3 is 2.31 bits per heavy atom. The van der Waals surface area contributed by atoms with Crippen LogP contribution >= 0.6 is 12.6 Å². The lowest BCUT2D eigenvalue weighted by Crippen LogP contribution is -2.30. The van der Waals surface area contributed by atoms with Crippen LogP contribution in [0.2, 0.25) is 0 Å². The van der Waals surface area contributed by atoms with Crippen molar-refractivity contribution in [1.29, 1.82) is 0 Å². The normalized spacial score (nSPS) is 21.5. The molecule has 0 amide bonds. The van der Waals surface area contributed by atoms with Crippen LogP contribution in [0.25, 0.3) is 22.5 Å². The fourth-order valence-corrected chi connectivity index (χ4v) is 3.73. The summed E-state index contributed by atoms with van der Waals surface area (Å²) in [5.41, 5.74) is 4.01. The van der Waals surface area contributed by atoms with E-state index in [-0.39, 0.29) is 11.4 Å². The maximum Gasteiger partial charge on any atom is 0.154 e. The molecule has 134 valence electrons. The summed E-state index contributed by atoms with van der Waals surface area (Å²) >= 11 is 4.76. The lowest BCUT2D eigenvalue weighted by molar-refractivity contribution is -0.162. The molecule has 0 radical (unpaired) electrons. The van der Waals surface area contributed by atoms with Crippen molar-refractivity contribution in [2.75, 3.05) is 0 Å². The van der Waals surface area contributed by atoms with E-state index in [0.29, 0.717) is 6.42 Å². The Balaban J connectivity index is 1.74. The summed E-state index contributed by atoms with van der Waals surface area (Å²) in [5, 5.41) is 9.59. The standard InChI is InChI=1S/C21H22N2O2S/c24-17-13-7-12-16(25-17)20(26)21-22-18(14-8-3-1-4-9-14)19(23-21)15-10-5-2-6-11-15/h1-6,8-11,16-17,20,24,26H,7,12-13H2,(H,22,23)/t16-,17?,20?/m0/s1. The van der Waals surface area contributed by atoms with Crippen LogP contribution in [0, 0.1) is 0 Å². The van der Waals surface area contributed by atoms with Crippen LogP contribution < -0.4 is 0 Å². The van der Waals surface area contributed by atoms with Gasteiger partial charge in [-0.1, -0.05) is 60.7 Å². The summed E-state index contributed by atoms with van der Waals surface area (Å²) in [7, 11) is 0. The number of hydrogen-bond donors (Lipinski definition) is 3. The number of aromatic nitrogens is 2. The summed E-state index contributed by atoms with van der Waals surface area (Å²) in [4.78, 5) is 8.32. The maximum absolute atomic E-state index is 9.80. The van der Waals surface area contributed by atoms with Crippen LogP contribution in [-0.4, -0.2) is 27.5 Å². The molecule has 2 aromatic carbocycles. The molecule has 1 saturated heterocycles. The van der Waals surface area contributed by atoms with E-state index in [1.54, 1.807) is 0 Å². The Hall–Kier alpha value is -2.08. The van der Waals surface area contributed by atoms with Crippen molar-refractivity contribution in [3.63, 3.8) is 0 Å². The third-order valence-corrected chi connectivity index (χ3v) is 5.31. The fraction of sp³-hybridized carbons (Fsp3) is 0.286. The minimum Gasteiger partial charge on any atom is -0.368 e. The summed E-state index contributed by atoms with van der Waals surface area (Å²) in [5.74, 6) is 0.769. The van der Waals surface area contributed by atoms with E-state index in [1.807, 2.05) is 36.4 Å². The highest BCUT2D eigenvalue weighted by Gasteiger charge is 2.30. The van der Waals surface area contributed by atoms with Crippen molar-refractivity contribution in [2.24, 2.45) is 0 Å². The highest BCUT2D eigenvalue weighted by atomic mass is 32.1. The number of aliphatic hydroxyl groups excluding tert-OH is 1. The lowest BCUT2D eigenvalue weighted by Gasteiger charge is -2.29. The quantitative estimate of drug-likeness (QED) is 0.591. The number of ether oxygens (including phenoxy) is 1. The Morgan fingerprint density at radius 2 is 1.65 bits per heavy atom. The van der Waals surface area contributed by atoms with Gasteiger partial charge in [0.05, 0.1) is 22.7 Å². The molecule has 4 rings (SSSR count). The van der Waals surface area contributed by atoms with E-state index >= 15 is 0 Å². The first kappa shape index (κ1) is 17.3. The zero-order chi connectivity index (χ0) is 17.9. The van der Waals surface area contributed by atoms with Crippen molar-refractivity contribution in [3.05, 3.63) is 66.5 Å². The van der Waals surface area contributed by atoms with Crippen LogP contribution in [0.4, 0.5) is 0 Å². The van der Waals surface area contributed by atoms with Gasteiger partial charge < -0.3 is 14.8 Å². The van der Waals surface area contributed by atoms with Gasteiger partial charge in [-0.15, -0.1) is 0 Å². The van der Waals surface area contributed by atoms with E-state index in [1.165, 1.54) is 0 Å². The summed E-state index contributed by atoms with van der Waals surface area (Å²) in [6, 6.07) is 20.3. The number of nitrogens with zero attached hydrogens (tertiary/aromatic N) is 1. The van der Waals surface area contributed by atoms with E-state index in [2.05, 4.69) is 29.2 Å². The van der Waals surface area contributed by atoms with Gasteiger partial charge in [0.1, 0.15) is 5.82 Å². The molecule has 5 heteroatoms. The van der Waals surface area contributed by atoms with Gasteiger partial charge in [-0.05, 0) is 19.3 Å². The molecular formula is C21H22N2O2S. The number of benzene rings is 2. The largest absolute Gasteiger partial charge is 0.368 e. The molecule has 3 atom stereocenters. The predicted molar refractivity (Wildman–Crippen MR) is 106 cm³/mol. The molecule has 4 nitrogen and oxygen atoms in total. The first-order valence-corrected chi connectivity index (χ1v) is 9.46. The molecule has 2 unspecified atom stereocenters. The number of hydrogen-bond acceptors (Lipinski definition) is 4. The second-order valence-electron chi connectivity index (χ2n) is 6.58. The van der Waals surface area contributed by atoms with Gasteiger partial charge in [-0.3, -0.25) is 0 Å². The average Bonchev–Trinajstić information content (AvgIpc) is 3.14. The van der Waals surface area contributed by atoms with Crippen LogP contribution in [0.3, 0.4) is 0 Å². The molecule has 2 N–H and O–H groups in total. The zero-order valence-electron chi connectivity index (χ0n) is 14.4. The Kier molecular flexibility index (Phi) is 5.11. The molecule has 0 spiro atoms. The van der Waals surface area contributed by atoms with Crippen molar-refractivity contribution in [1.82, 2.24) is 9.97 Å². The molecule has 1 aromatic heterocycles. The van der Waals surface area contributed by atoms with Crippen molar-refractivity contribution < 1.29 is 9.84 Å². The maximum atomic E-state index is 9.80. The van der Waals surface area contributed by atoms with Gasteiger partial charge in [-0.2, -0.15) is 12.6 Å². The van der Waals surface area contributed by atoms with Gasteiger partial charge in [0, 0.05) is 11.1 Å². The fourth-order valence-electron chi connectivity index (χ4n) is 3.39. The summed E-state index contributed by atoms with van der Waals surface area (Å²) < 4.78 is 5.68. The van der Waals surface area contributed by atoms with Gasteiger partial charge in [0.15, 0.2) is 6.29 Å². The van der Waals surface area contributed by atoms with Gasteiger partial charge in [0.2, 0.25) is 0 Å². The molecule has 0 saturated carbocycles. The van der Waals surface area contributed by atoms with Crippen LogP contribution in [0.5, 0.6) is 0 Å². The number of aromatic amines is 1. The highest BCUT2D eigenvalue weighted by molar-refractivity contribution is 7.80. The van der Waals surface area contributed by atoms with Crippen molar-refractivity contribution in [3.8, 4) is 22.5 Å². The molecular weight excluding hydrogens is 344 g/mol. The molecule has 1 fully saturated rings. The van der Waals surface area contributed by atoms with Crippen LogP contribution in [-0.2, 0) is 4.74 Å². The second kappa shape index (κ2) is 7.66. The molecule has 1 aliphatic heterocycles. The first-order valence-electron chi connectivity index (χ1n) is 8.94. The summed E-state index contributed by atoms with van der Waals surface area (Å²) in [6.07, 6.45) is 1.62. The van der Waals surface area contributed by atoms with E-state index in [0.717, 1.165) is 41.2 Å². The third kappa shape index (κ3) is 3.56. The predicted octanol–water partition coefficient (Wildman–Crippen LogP) is 4.60. The zero-order valence-corrected chi connectivity index (χ0v) is 15.3. The van der Waals surface area contributed by atoms with Crippen molar-refractivity contribution in [2.45, 2.75) is 36.9 Å². The van der Waals surface area contributed by atoms with Gasteiger partial charge >= 0.3 is 0 Å². The number of nitrogens with one attached hydrogen (secondary N) is 1. The van der Waals surface area contributed by atoms with Gasteiger partial charge in [-0.25, -0.2) is 4.98 Å². The molecule has 0 aliphatic carbocycles. The molecule has 2 heterocycles. The average molecular weight is 366 g/mol. The smallest absolute Gasteiger partial charge is 0.154 e. The number of thiol groups is 1. The molecule has 3 aromatic rings. The number of rotatable bonds is 4. The third-order valence-electron chi connectivity index (χ3n) is 4.74. The first-order chi connectivity index (χ1) is 12.7. The van der Waals surface area contributed by atoms with E-state index in [4.69, 9.17) is 22.3 Å². The minimum atomic E-state index is -0.708. The Morgan fingerprint density at radius 1 is 1.00 bits per heavy atom. The number of aliphatic hydroxyl groups is 1. The van der Waals surface area contributed by atoms with Crippen LogP contribution in [0.1, 0.15) is 30.3 Å². The molecule has 0 bridgehead atoms.